The molecule has 104 valence electrons. The SMILES string of the molecule is O=S(=O)(Nc1cnc(Cl)cn1)c1ccc2c(c1)CCO2. The Morgan fingerprint density at radius 1 is 1.25 bits per heavy atom. The van der Waals surface area contributed by atoms with Crippen molar-refractivity contribution < 1.29 is 13.2 Å². The molecular formula is C12H10ClN3O3S. The van der Waals surface area contributed by atoms with Gasteiger partial charge in [0.2, 0.25) is 0 Å². The maximum atomic E-state index is 12.2. The van der Waals surface area contributed by atoms with Gasteiger partial charge in [0.25, 0.3) is 10.0 Å². The number of benzene rings is 1. The van der Waals surface area contributed by atoms with Crippen LogP contribution in [0.1, 0.15) is 5.56 Å². The summed E-state index contributed by atoms with van der Waals surface area (Å²) in [4.78, 5) is 7.79. The van der Waals surface area contributed by atoms with Crippen molar-refractivity contribution in [2.45, 2.75) is 11.3 Å². The second-order valence-electron chi connectivity index (χ2n) is 4.20. The molecule has 1 aromatic heterocycles. The molecule has 0 saturated carbocycles. The van der Waals surface area contributed by atoms with E-state index in [4.69, 9.17) is 16.3 Å². The average molecular weight is 312 g/mol. The molecule has 0 unspecified atom stereocenters. The number of aromatic nitrogens is 2. The van der Waals surface area contributed by atoms with E-state index in [0.717, 1.165) is 11.3 Å². The molecule has 1 aliphatic rings. The van der Waals surface area contributed by atoms with Crippen LogP contribution in [0.3, 0.4) is 0 Å². The van der Waals surface area contributed by atoms with E-state index in [1.807, 2.05) is 0 Å². The van der Waals surface area contributed by atoms with Gasteiger partial charge in [0.15, 0.2) is 5.82 Å². The molecule has 1 aliphatic heterocycles. The van der Waals surface area contributed by atoms with Crippen LogP contribution < -0.4 is 9.46 Å². The first-order valence-electron chi connectivity index (χ1n) is 5.81. The highest BCUT2D eigenvalue weighted by atomic mass is 35.5. The van der Waals surface area contributed by atoms with E-state index in [9.17, 15) is 8.42 Å². The third-order valence-corrected chi connectivity index (χ3v) is 4.38. The van der Waals surface area contributed by atoms with Crippen molar-refractivity contribution >= 4 is 27.4 Å². The molecule has 0 saturated heterocycles. The van der Waals surface area contributed by atoms with E-state index < -0.39 is 10.0 Å². The van der Waals surface area contributed by atoms with E-state index in [1.165, 1.54) is 18.5 Å². The quantitative estimate of drug-likeness (QED) is 0.935. The maximum Gasteiger partial charge on any atom is 0.263 e. The minimum atomic E-state index is -3.70. The second kappa shape index (κ2) is 4.92. The van der Waals surface area contributed by atoms with Gasteiger partial charge in [-0.2, -0.15) is 0 Å². The van der Waals surface area contributed by atoms with Crippen LogP contribution in [0.2, 0.25) is 5.15 Å². The van der Waals surface area contributed by atoms with Crippen molar-refractivity contribution in [1.29, 1.82) is 0 Å². The molecule has 0 spiro atoms. The summed E-state index contributed by atoms with van der Waals surface area (Å²) in [5.74, 6) is 0.849. The molecule has 0 radical (unpaired) electrons. The number of nitrogens with zero attached hydrogens (tertiary/aromatic N) is 2. The molecule has 8 heteroatoms. The molecule has 20 heavy (non-hydrogen) atoms. The van der Waals surface area contributed by atoms with Gasteiger partial charge in [-0.25, -0.2) is 18.4 Å². The largest absolute Gasteiger partial charge is 0.493 e. The zero-order valence-corrected chi connectivity index (χ0v) is 11.8. The number of sulfonamides is 1. The highest BCUT2D eigenvalue weighted by Gasteiger charge is 2.19. The molecule has 0 aliphatic carbocycles. The van der Waals surface area contributed by atoms with Crippen molar-refractivity contribution in [2.24, 2.45) is 0 Å². The van der Waals surface area contributed by atoms with Crippen LogP contribution >= 0.6 is 11.6 Å². The van der Waals surface area contributed by atoms with Gasteiger partial charge in [-0.1, -0.05) is 11.6 Å². The highest BCUT2D eigenvalue weighted by Crippen LogP contribution is 2.28. The monoisotopic (exact) mass is 311 g/mol. The predicted octanol–water partition coefficient (Wildman–Crippen LogP) is 1.87. The summed E-state index contributed by atoms with van der Waals surface area (Å²) < 4.78 is 32.2. The number of hydrogen-bond donors (Lipinski definition) is 1. The molecule has 1 aromatic carbocycles. The summed E-state index contributed by atoms with van der Waals surface area (Å²) in [7, 11) is -3.70. The Kier molecular flexibility index (Phi) is 3.23. The lowest BCUT2D eigenvalue weighted by Crippen LogP contribution is -2.14. The van der Waals surface area contributed by atoms with Gasteiger partial charge < -0.3 is 4.74 Å². The Hall–Kier alpha value is -1.86. The topological polar surface area (TPSA) is 81.2 Å². The first kappa shape index (κ1) is 13.1. The fourth-order valence-electron chi connectivity index (χ4n) is 1.89. The van der Waals surface area contributed by atoms with Gasteiger partial charge in [-0.15, -0.1) is 0 Å². The van der Waals surface area contributed by atoms with Crippen LogP contribution in [0.25, 0.3) is 0 Å². The lowest BCUT2D eigenvalue weighted by Gasteiger charge is -2.08. The molecule has 6 nitrogen and oxygen atoms in total. The molecule has 0 amide bonds. The number of ether oxygens (including phenoxy) is 1. The van der Waals surface area contributed by atoms with Crippen LogP contribution in [0.4, 0.5) is 5.82 Å². The fraction of sp³-hybridized carbons (Fsp3) is 0.167. The van der Waals surface area contributed by atoms with Crippen molar-refractivity contribution in [1.82, 2.24) is 9.97 Å². The summed E-state index contributed by atoms with van der Waals surface area (Å²) in [6.07, 6.45) is 3.24. The highest BCUT2D eigenvalue weighted by molar-refractivity contribution is 7.92. The van der Waals surface area contributed by atoms with Gasteiger partial charge >= 0.3 is 0 Å². The van der Waals surface area contributed by atoms with Gasteiger partial charge in [0.05, 0.1) is 23.9 Å². The van der Waals surface area contributed by atoms with Crippen molar-refractivity contribution in [3.05, 3.63) is 41.3 Å². The molecule has 3 rings (SSSR count). The molecule has 2 aromatic rings. The molecular weight excluding hydrogens is 302 g/mol. The molecule has 2 heterocycles. The zero-order valence-electron chi connectivity index (χ0n) is 10.2. The summed E-state index contributed by atoms with van der Waals surface area (Å²) in [6.45, 7) is 0.578. The Morgan fingerprint density at radius 2 is 2.10 bits per heavy atom. The van der Waals surface area contributed by atoms with E-state index >= 15 is 0 Å². The van der Waals surface area contributed by atoms with E-state index in [2.05, 4.69) is 14.7 Å². The first-order chi connectivity index (χ1) is 9.54. The zero-order chi connectivity index (χ0) is 14.2. The Bertz CT molecular complexity index is 747. The lowest BCUT2D eigenvalue weighted by molar-refractivity contribution is 0.356. The summed E-state index contributed by atoms with van der Waals surface area (Å²) >= 11 is 5.60. The maximum absolute atomic E-state index is 12.2. The summed E-state index contributed by atoms with van der Waals surface area (Å²) in [5.41, 5.74) is 0.884. The summed E-state index contributed by atoms with van der Waals surface area (Å²) in [6, 6.07) is 4.76. The molecule has 1 N–H and O–H groups in total. The third kappa shape index (κ3) is 2.54. The Morgan fingerprint density at radius 3 is 2.85 bits per heavy atom. The number of hydrogen-bond acceptors (Lipinski definition) is 5. The lowest BCUT2D eigenvalue weighted by atomic mass is 10.2. The minimum Gasteiger partial charge on any atom is -0.493 e. The van der Waals surface area contributed by atoms with Gasteiger partial charge in [0.1, 0.15) is 10.9 Å². The van der Waals surface area contributed by atoms with Gasteiger partial charge in [-0.3, -0.25) is 4.72 Å². The van der Waals surface area contributed by atoms with E-state index in [0.29, 0.717) is 13.0 Å². The van der Waals surface area contributed by atoms with E-state index in [-0.39, 0.29) is 15.9 Å². The van der Waals surface area contributed by atoms with Crippen LogP contribution in [0.5, 0.6) is 5.75 Å². The number of rotatable bonds is 3. The first-order valence-corrected chi connectivity index (χ1v) is 7.67. The third-order valence-electron chi connectivity index (χ3n) is 2.83. The standard InChI is InChI=1S/C12H10ClN3O3S/c13-11-6-15-12(7-14-11)16-20(17,18)9-1-2-10-8(5-9)3-4-19-10/h1-2,5-7H,3-4H2,(H,15,16). The second-order valence-corrected chi connectivity index (χ2v) is 6.27. The number of nitrogens with one attached hydrogen (secondary N) is 1. The fourth-order valence-corrected chi connectivity index (χ4v) is 3.03. The van der Waals surface area contributed by atoms with Gasteiger partial charge in [-0.05, 0) is 23.8 Å². The van der Waals surface area contributed by atoms with Crippen LogP contribution in [0.15, 0.2) is 35.5 Å². The van der Waals surface area contributed by atoms with Crippen molar-refractivity contribution in [3.63, 3.8) is 0 Å². The number of halogens is 1. The van der Waals surface area contributed by atoms with Crippen molar-refractivity contribution in [3.8, 4) is 5.75 Å². The number of anilines is 1. The smallest absolute Gasteiger partial charge is 0.263 e. The Labute approximate surface area is 120 Å². The molecule has 0 bridgehead atoms. The Balaban J connectivity index is 1.90. The normalized spacial score (nSPS) is 13.7. The van der Waals surface area contributed by atoms with Crippen LogP contribution in [-0.2, 0) is 16.4 Å². The predicted molar refractivity (Wildman–Crippen MR) is 73.5 cm³/mol. The number of fused-ring (bicyclic) bond motifs is 1. The van der Waals surface area contributed by atoms with Gasteiger partial charge in [0, 0.05) is 6.42 Å². The van der Waals surface area contributed by atoms with Crippen LogP contribution in [-0.4, -0.2) is 25.0 Å². The average Bonchev–Trinajstić information content (AvgIpc) is 2.88. The molecule has 0 fully saturated rings. The van der Waals surface area contributed by atoms with Crippen LogP contribution in [0, 0.1) is 0 Å². The summed E-state index contributed by atoms with van der Waals surface area (Å²) in [5, 5.41) is 0.197. The molecule has 0 atom stereocenters. The van der Waals surface area contributed by atoms with Crippen molar-refractivity contribution in [2.75, 3.05) is 11.3 Å². The minimum absolute atomic E-state index is 0.117. The van der Waals surface area contributed by atoms with E-state index in [1.54, 1.807) is 12.1 Å².